The summed E-state index contributed by atoms with van der Waals surface area (Å²) in [6.07, 6.45) is 2.34. The van der Waals surface area contributed by atoms with Crippen LogP contribution in [0.15, 0.2) is 36.4 Å². The number of nitrogens with one attached hydrogen (secondary N) is 1. The number of fused-ring (bicyclic) bond motifs is 2. The van der Waals surface area contributed by atoms with Crippen molar-refractivity contribution in [2.45, 2.75) is 19.1 Å². The van der Waals surface area contributed by atoms with Crippen LogP contribution in [0.1, 0.15) is 17.3 Å². The van der Waals surface area contributed by atoms with Gasteiger partial charge in [0.1, 0.15) is 5.92 Å². The number of hydrogen-bond acceptors (Lipinski definition) is 4. The zero-order chi connectivity index (χ0) is 15.9. The maximum Gasteiger partial charge on any atom is 0.310 e. The molecule has 2 bridgehead atoms. The van der Waals surface area contributed by atoms with Crippen molar-refractivity contribution in [1.29, 1.82) is 0 Å². The zero-order valence-electron chi connectivity index (χ0n) is 11.9. The van der Waals surface area contributed by atoms with E-state index in [1.54, 1.807) is 36.4 Å². The number of amides is 1. The van der Waals surface area contributed by atoms with Gasteiger partial charge in [-0.05, 0) is 19.1 Å². The zero-order valence-corrected chi connectivity index (χ0v) is 11.9. The van der Waals surface area contributed by atoms with Crippen molar-refractivity contribution >= 4 is 23.3 Å². The number of hydrogen-bond donors (Lipinski definition) is 2. The fraction of sp³-hybridized carbons (Fsp3) is 0.312. The Balaban J connectivity index is 1.80. The van der Waals surface area contributed by atoms with Gasteiger partial charge in [0.25, 0.3) is 0 Å². The van der Waals surface area contributed by atoms with Crippen LogP contribution in [0.2, 0.25) is 0 Å². The fourth-order valence-electron chi connectivity index (χ4n) is 2.96. The molecule has 6 heteroatoms. The molecule has 1 saturated heterocycles. The van der Waals surface area contributed by atoms with E-state index in [1.165, 1.54) is 6.92 Å². The van der Waals surface area contributed by atoms with E-state index in [2.05, 4.69) is 5.32 Å². The molecule has 0 saturated carbocycles. The molecule has 1 aromatic carbocycles. The highest BCUT2D eigenvalue weighted by Gasteiger charge is 2.53. The van der Waals surface area contributed by atoms with E-state index in [0.717, 1.165) is 0 Å². The van der Waals surface area contributed by atoms with E-state index in [4.69, 9.17) is 4.74 Å². The van der Waals surface area contributed by atoms with Crippen molar-refractivity contribution in [2.24, 2.45) is 11.8 Å². The average Bonchev–Trinajstić information content (AvgIpc) is 3.07. The third kappa shape index (κ3) is 2.42. The number of carboxylic acid groups (broad SMARTS) is 1. The minimum absolute atomic E-state index is 0.106. The lowest BCUT2D eigenvalue weighted by molar-refractivity contribution is -0.145. The summed E-state index contributed by atoms with van der Waals surface area (Å²) in [5, 5.41) is 12.0. The van der Waals surface area contributed by atoms with Gasteiger partial charge in [0.15, 0.2) is 5.78 Å². The van der Waals surface area contributed by atoms with Crippen molar-refractivity contribution in [1.82, 2.24) is 0 Å². The van der Waals surface area contributed by atoms with Crippen LogP contribution in [0.4, 0.5) is 5.69 Å². The summed E-state index contributed by atoms with van der Waals surface area (Å²) >= 11 is 0. The molecular formula is C16H15NO5. The third-order valence-corrected chi connectivity index (χ3v) is 4.02. The Kier molecular flexibility index (Phi) is 3.54. The molecule has 4 atom stereocenters. The van der Waals surface area contributed by atoms with Gasteiger partial charge in [0, 0.05) is 11.3 Å². The molecule has 22 heavy (non-hydrogen) atoms. The molecule has 0 spiro atoms. The topological polar surface area (TPSA) is 92.7 Å². The number of carboxylic acids is 1. The van der Waals surface area contributed by atoms with Crippen LogP contribution in [0.25, 0.3) is 0 Å². The number of carbonyl (C=O) groups is 3. The summed E-state index contributed by atoms with van der Waals surface area (Å²) in [7, 11) is 0. The molecule has 6 nitrogen and oxygen atoms in total. The summed E-state index contributed by atoms with van der Waals surface area (Å²) in [4.78, 5) is 35.2. The Morgan fingerprint density at radius 2 is 1.82 bits per heavy atom. The Morgan fingerprint density at radius 3 is 2.45 bits per heavy atom. The Hall–Kier alpha value is -2.47. The van der Waals surface area contributed by atoms with Crippen molar-refractivity contribution in [3.63, 3.8) is 0 Å². The van der Waals surface area contributed by atoms with Crippen LogP contribution < -0.4 is 5.32 Å². The van der Waals surface area contributed by atoms with Gasteiger partial charge in [-0.15, -0.1) is 0 Å². The van der Waals surface area contributed by atoms with Crippen LogP contribution in [-0.2, 0) is 14.3 Å². The van der Waals surface area contributed by atoms with Crippen LogP contribution in [0.3, 0.4) is 0 Å². The van der Waals surface area contributed by atoms with E-state index < -0.39 is 35.9 Å². The molecule has 2 heterocycles. The van der Waals surface area contributed by atoms with Crippen LogP contribution in [0.5, 0.6) is 0 Å². The molecule has 0 unspecified atom stereocenters. The summed E-state index contributed by atoms with van der Waals surface area (Å²) in [5.41, 5.74) is 0.949. The Bertz CT molecular complexity index is 681. The van der Waals surface area contributed by atoms with Gasteiger partial charge in [0.2, 0.25) is 5.91 Å². The SMILES string of the molecule is CC(=O)c1cccc(NC(=O)[C@H]2[C@@H](C(=O)O)[C@@H]3C=C[C@@H]2O3)c1. The summed E-state index contributed by atoms with van der Waals surface area (Å²) in [5.74, 6) is -3.22. The van der Waals surface area contributed by atoms with Gasteiger partial charge in [-0.3, -0.25) is 14.4 Å². The number of Topliss-reactive ketones (excluding diaryl/α,β-unsaturated/α-hetero) is 1. The quantitative estimate of drug-likeness (QED) is 0.649. The molecule has 114 valence electrons. The number of ether oxygens (including phenoxy) is 1. The predicted molar refractivity (Wildman–Crippen MR) is 77.5 cm³/mol. The van der Waals surface area contributed by atoms with E-state index in [1.807, 2.05) is 0 Å². The predicted octanol–water partition coefficient (Wildman–Crippen LogP) is 1.48. The monoisotopic (exact) mass is 301 g/mol. The second kappa shape index (κ2) is 5.38. The van der Waals surface area contributed by atoms with Crippen molar-refractivity contribution < 1.29 is 24.2 Å². The Labute approximate surface area is 126 Å². The first kappa shape index (κ1) is 14.5. The molecule has 0 aliphatic carbocycles. The fourth-order valence-corrected chi connectivity index (χ4v) is 2.96. The lowest BCUT2D eigenvalue weighted by atomic mass is 9.82. The normalized spacial score (nSPS) is 28.6. The third-order valence-electron chi connectivity index (χ3n) is 4.02. The first-order chi connectivity index (χ1) is 10.5. The summed E-state index contributed by atoms with van der Waals surface area (Å²) < 4.78 is 5.47. The van der Waals surface area contributed by atoms with Crippen molar-refractivity contribution in [3.05, 3.63) is 42.0 Å². The molecule has 2 aliphatic heterocycles. The first-order valence-corrected chi connectivity index (χ1v) is 6.96. The maximum absolute atomic E-state index is 12.4. The molecule has 0 aromatic heterocycles. The highest BCUT2D eigenvalue weighted by molar-refractivity contribution is 5.99. The number of benzene rings is 1. The average molecular weight is 301 g/mol. The Morgan fingerprint density at radius 1 is 1.14 bits per heavy atom. The highest BCUT2D eigenvalue weighted by atomic mass is 16.5. The molecule has 1 amide bonds. The number of aliphatic carboxylic acids is 1. The number of carbonyl (C=O) groups excluding carboxylic acids is 2. The van der Waals surface area contributed by atoms with Crippen molar-refractivity contribution in [3.8, 4) is 0 Å². The van der Waals surface area contributed by atoms with E-state index in [-0.39, 0.29) is 5.78 Å². The summed E-state index contributed by atoms with van der Waals surface area (Å²) in [6, 6.07) is 6.55. The lowest BCUT2D eigenvalue weighted by Crippen LogP contribution is -2.39. The molecule has 3 rings (SSSR count). The van der Waals surface area contributed by atoms with Crippen LogP contribution in [-0.4, -0.2) is 35.0 Å². The minimum Gasteiger partial charge on any atom is -0.481 e. The van der Waals surface area contributed by atoms with Gasteiger partial charge in [-0.2, -0.15) is 0 Å². The smallest absolute Gasteiger partial charge is 0.310 e. The van der Waals surface area contributed by atoms with Gasteiger partial charge in [0.05, 0.1) is 18.1 Å². The van der Waals surface area contributed by atoms with Crippen LogP contribution >= 0.6 is 0 Å². The summed E-state index contributed by atoms with van der Waals surface area (Å²) in [6.45, 7) is 1.44. The minimum atomic E-state index is -1.05. The molecule has 0 radical (unpaired) electrons. The van der Waals surface area contributed by atoms with Crippen molar-refractivity contribution in [2.75, 3.05) is 5.32 Å². The van der Waals surface area contributed by atoms with E-state index in [9.17, 15) is 19.5 Å². The highest BCUT2D eigenvalue weighted by Crippen LogP contribution is 2.39. The number of anilines is 1. The molecule has 2 aliphatic rings. The largest absolute Gasteiger partial charge is 0.481 e. The van der Waals surface area contributed by atoms with Gasteiger partial charge in [-0.1, -0.05) is 24.3 Å². The maximum atomic E-state index is 12.4. The first-order valence-electron chi connectivity index (χ1n) is 6.96. The molecular weight excluding hydrogens is 286 g/mol. The molecule has 1 fully saturated rings. The standard InChI is InChI=1S/C16H15NO5/c1-8(18)9-3-2-4-10(7-9)17-15(19)13-11-5-6-12(22-11)14(13)16(20)21/h2-7,11-14H,1H3,(H,17,19)(H,20,21)/t11-,12-,13+,14-/m0/s1. The van der Waals surface area contributed by atoms with Gasteiger partial charge >= 0.3 is 5.97 Å². The molecule has 1 aromatic rings. The van der Waals surface area contributed by atoms with Gasteiger partial charge in [-0.25, -0.2) is 0 Å². The van der Waals surface area contributed by atoms with E-state index >= 15 is 0 Å². The number of rotatable bonds is 4. The van der Waals surface area contributed by atoms with Gasteiger partial charge < -0.3 is 15.2 Å². The molecule has 2 N–H and O–H groups in total. The van der Waals surface area contributed by atoms with Crippen LogP contribution in [0, 0.1) is 11.8 Å². The lowest BCUT2D eigenvalue weighted by Gasteiger charge is -2.21. The second-order valence-corrected chi connectivity index (χ2v) is 5.47. The second-order valence-electron chi connectivity index (χ2n) is 5.47. The number of ketones is 1. The van der Waals surface area contributed by atoms with E-state index in [0.29, 0.717) is 11.3 Å².